The Morgan fingerprint density at radius 3 is 1.35 bits per heavy atom. The normalized spacial score (nSPS) is 7.76. The first kappa shape index (κ1) is 30.8. The summed E-state index contributed by atoms with van der Waals surface area (Å²) in [5, 5.41) is 0. The number of unbranched alkanes of at least 4 members (excludes halogenated alkanes) is 5. The van der Waals surface area contributed by atoms with Crippen LogP contribution in [0.4, 0.5) is 0 Å². The van der Waals surface area contributed by atoms with E-state index in [-0.39, 0.29) is 40.1 Å². The predicted molar refractivity (Wildman–Crippen MR) is 81.9 cm³/mol. The Morgan fingerprint density at radius 1 is 0.824 bits per heavy atom. The fraction of sp³-hybridized carbons (Fsp3) is 0.938. The summed E-state index contributed by atoms with van der Waals surface area (Å²) in [5.74, 6) is 0.833. The second-order valence-electron chi connectivity index (χ2n) is 4.71. The van der Waals surface area contributed by atoms with Crippen molar-refractivity contribution in [3.8, 4) is 0 Å². The molecule has 0 fully saturated rings. The van der Waals surface area contributed by atoms with Crippen molar-refractivity contribution in [1.82, 2.24) is 0 Å². The van der Waals surface area contributed by atoms with Gasteiger partial charge < -0.3 is 6.92 Å². The van der Waals surface area contributed by atoms with E-state index in [0.29, 0.717) is 0 Å². The van der Waals surface area contributed by atoms with Gasteiger partial charge in [0.15, 0.2) is 0 Å². The fourth-order valence-electron chi connectivity index (χ4n) is 0.780. The third-order valence-electron chi connectivity index (χ3n) is 1.35. The maximum absolute atomic E-state index is 3.78. The van der Waals surface area contributed by atoms with Crippen molar-refractivity contribution < 1.29 is 32.7 Å². The minimum Gasteiger partial charge on any atom is -0.343 e. The molecule has 0 atom stereocenters. The van der Waals surface area contributed by atoms with Gasteiger partial charge in [-0.2, -0.15) is 6.42 Å². The largest absolute Gasteiger partial charge is 0.343 e. The Bertz CT molecular complexity index is 61.2. The molecule has 0 bridgehead atoms. The number of hydrogen-bond acceptors (Lipinski definition) is 0. The first-order valence-corrected chi connectivity index (χ1v) is 6.85. The zero-order valence-corrected chi connectivity index (χ0v) is 15.6. The van der Waals surface area contributed by atoms with E-state index in [2.05, 4.69) is 48.5 Å². The molecule has 0 spiro atoms. The summed E-state index contributed by atoms with van der Waals surface area (Å²) in [7, 11) is 0. The molecule has 0 aliphatic carbocycles. The molecule has 0 aliphatic heterocycles. The van der Waals surface area contributed by atoms with Crippen LogP contribution in [0.1, 0.15) is 93.9 Å². The maximum atomic E-state index is 3.78. The van der Waals surface area contributed by atoms with E-state index >= 15 is 0 Å². The Hall–Kier alpha value is 1.10. The molecule has 1 radical (unpaired) electrons. The minimum atomic E-state index is 0. The maximum Gasteiger partial charge on any atom is 0 e. The van der Waals surface area contributed by atoms with E-state index in [4.69, 9.17) is 0 Å². The second-order valence-corrected chi connectivity index (χ2v) is 4.71. The Morgan fingerprint density at radius 2 is 1.12 bits per heavy atom. The van der Waals surface area contributed by atoms with Crippen LogP contribution in [-0.4, -0.2) is 0 Å². The van der Waals surface area contributed by atoms with Gasteiger partial charge in [-0.15, -0.1) is 0 Å². The van der Waals surface area contributed by atoms with Crippen LogP contribution < -0.4 is 0 Å². The first-order chi connectivity index (χ1) is 7.06. The SMILES string of the molecule is C.CC(C)C.CCC.[CH2-]CCCCCCC.[Y]. The second kappa shape index (κ2) is 36.0. The molecule has 0 amide bonds. The van der Waals surface area contributed by atoms with Crippen molar-refractivity contribution in [3.63, 3.8) is 0 Å². The summed E-state index contributed by atoms with van der Waals surface area (Å²) in [6, 6.07) is 0. The van der Waals surface area contributed by atoms with Crippen molar-refractivity contribution in [2.45, 2.75) is 93.9 Å². The van der Waals surface area contributed by atoms with E-state index in [9.17, 15) is 0 Å². The van der Waals surface area contributed by atoms with Gasteiger partial charge in [0.05, 0.1) is 0 Å². The zero-order chi connectivity index (χ0) is 12.5. The van der Waals surface area contributed by atoms with Crippen molar-refractivity contribution in [3.05, 3.63) is 6.92 Å². The average molecular weight is 320 g/mol. The molecule has 0 nitrogen and oxygen atoms in total. The van der Waals surface area contributed by atoms with Crippen molar-refractivity contribution >= 4 is 0 Å². The summed E-state index contributed by atoms with van der Waals surface area (Å²) in [6.07, 6.45) is 9.23. The molecule has 0 aromatic heterocycles. The smallest absolute Gasteiger partial charge is 0 e. The van der Waals surface area contributed by atoms with Crippen LogP contribution in [-0.2, 0) is 32.7 Å². The molecule has 0 rings (SSSR count). The Labute approximate surface area is 139 Å². The Kier molecular flexibility index (Phi) is 65.3. The van der Waals surface area contributed by atoms with Crippen LogP contribution >= 0.6 is 0 Å². The average Bonchev–Trinajstić information content (AvgIpc) is 2.13. The Balaban J connectivity index is -0.0000000461. The van der Waals surface area contributed by atoms with Gasteiger partial charge in [0, 0.05) is 32.7 Å². The summed E-state index contributed by atoms with van der Waals surface area (Å²) >= 11 is 0. The quantitative estimate of drug-likeness (QED) is 0.382. The summed E-state index contributed by atoms with van der Waals surface area (Å²) < 4.78 is 0. The summed E-state index contributed by atoms with van der Waals surface area (Å²) in [4.78, 5) is 0. The van der Waals surface area contributed by atoms with Crippen LogP contribution in [0.2, 0.25) is 0 Å². The molecule has 0 aromatic rings. The molecule has 0 heterocycles. The van der Waals surface area contributed by atoms with E-state index in [1.54, 1.807) is 0 Å². The van der Waals surface area contributed by atoms with E-state index in [0.717, 1.165) is 12.3 Å². The van der Waals surface area contributed by atoms with Gasteiger partial charge >= 0.3 is 0 Å². The van der Waals surface area contributed by atoms with Gasteiger partial charge in [0.2, 0.25) is 0 Å². The third kappa shape index (κ3) is 105. The predicted octanol–water partition coefficient (Wildman–Crippen LogP) is 6.89. The van der Waals surface area contributed by atoms with Gasteiger partial charge in [0.1, 0.15) is 0 Å². The van der Waals surface area contributed by atoms with Crippen molar-refractivity contribution in [1.29, 1.82) is 0 Å². The standard InChI is InChI=1S/C8H17.C4H10.C3H8.CH4.Y/c1-3-5-7-8-6-4-2;1-4(2)3;1-3-2;;/h1,3-8H2,2H3;4H,1-3H3;3H2,1-2H3;1H4;/q-1;;;;. The van der Waals surface area contributed by atoms with Crippen LogP contribution in [0, 0.1) is 12.8 Å². The molecule has 107 valence electrons. The molecule has 0 saturated heterocycles. The number of hydrogen-bond donors (Lipinski definition) is 0. The van der Waals surface area contributed by atoms with E-state index < -0.39 is 0 Å². The molecule has 17 heavy (non-hydrogen) atoms. The van der Waals surface area contributed by atoms with Gasteiger partial charge in [-0.1, -0.05) is 87.5 Å². The van der Waals surface area contributed by atoms with Gasteiger partial charge in [0.25, 0.3) is 0 Å². The van der Waals surface area contributed by atoms with E-state index in [1.807, 2.05) is 0 Å². The molecule has 0 aromatic carbocycles. The molecule has 0 aliphatic rings. The van der Waals surface area contributed by atoms with Gasteiger partial charge in [-0.25, -0.2) is 0 Å². The molecular weight excluding hydrogens is 281 g/mol. The molecular formula is C16H39Y-. The van der Waals surface area contributed by atoms with Crippen molar-refractivity contribution in [2.75, 3.05) is 0 Å². The monoisotopic (exact) mass is 320 g/mol. The zero-order valence-electron chi connectivity index (χ0n) is 12.8. The van der Waals surface area contributed by atoms with Gasteiger partial charge in [-0.3, -0.25) is 0 Å². The fourth-order valence-corrected chi connectivity index (χ4v) is 0.780. The van der Waals surface area contributed by atoms with Crippen LogP contribution in [0.5, 0.6) is 0 Å². The van der Waals surface area contributed by atoms with Crippen LogP contribution in [0.3, 0.4) is 0 Å². The first-order valence-electron chi connectivity index (χ1n) is 6.85. The molecule has 0 unspecified atom stereocenters. The van der Waals surface area contributed by atoms with Crippen LogP contribution in [0.25, 0.3) is 0 Å². The molecule has 0 N–H and O–H groups in total. The summed E-state index contributed by atoms with van der Waals surface area (Å²) in [5.41, 5.74) is 0. The number of rotatable bonds is 5. The third-order valence-corrected chi connectivity index (χ3v) is 1.35. The van der Waals surface area contributed by atoms with Crippen molar-refractivity contribution in [2.24, 2.45) is 5.92 Å². The topological polar surface area (TPSA) is 0 Å². The van der Waals surface area contributed by atoms with E-state index in [1.165, 1.54) is 38.5 Å². The minimum absolute atomic E-state index is 0. The van der Waals surface area contributed by atoms with Crippen LogP contribution in [0.15, 0.2) is 0 Å². The summed E-state index contributed by atoms with van der Waals surface area (Å²) in [6.45, 7) is 16.8. The van der Waals surface area contributed by atoms with Gasteiger partial charge in [-0.05, 0) is 5.92 Å². The molecule has 0 saturated carbocycles. The molecule has 1 heteroatoms.